The average Bonchev–Trinajstić information content (AvgIpc) is 2.89. The van der Waals surface area contributed by atoms with Crippen LogP contribution in [0.25, 0.3) is 0 Å². The lowest BCUT2D eigenvalue weighted by Gasteiger charge is -2.28. The minimum atomic E-state index is -1.04. The Morgan fingerprint density at radius 3 is 2.75 bits per heavy atom. The molecule has 8 heteroatoms. The first-order valence-corrected chi connectivity index (χ1v) is 9.52. The van der Waals surface area contributed by atoms with Crippen LogP contribution in [0, 0.1) is 5.82 Å². The summed E-state index contributed by atoms with van der Waals surface area (Å²) in [4.78, 5) is 38.3. The van der Waals surface area contributed by atoms with Crippen LogP contribution in [0.1, 0.15) is 39.0 Å². The normalized spacial score (nSPS) is 16.9. The van der Waals surface area contributed by atoms with Crippen molar-refractivity contribution in [2.24, 2.45) is 0 Å². The highest BCUT2D eigenvalue weighted by atomic mass is 19.1. The number of rotatable bonds is 8. The molecule has 1 N–H and O–H groups in total. The molecule has 1 unspecified atom stereocenters. The number of carboxylic acids is 1. The third-order valence-corrected chi connectivity index (χ3v) is 4.80. The summed E-state index contributed by atoms with van der Waals surface area (Å²) < 4.78 is 18.5. The van der Waals surface area contributed by atoms with Gasteiger partial charge >= 0.3 is 5.97 Å². The van der Waals surface area contributed by atoms with Gasteiger partial charge in [-0.2, -0.15) is 0 Å². The number of hydrogen-bond acceptors (Lipinski definition) is 4. The van der Waals surface area contributed by atoms with Gasteiger partial charge in [-0.05, 0) is 37.8 Å². The van der Waals surface area contributed by atoms with Crippen molar-refractivity contribution in [3.05, 3.63) is 30.1 Å². The number of nitrogens with zero attached hydrogens (tertiary/aromatic N) is 2. The fraction of sp³-hybridized carbons (Fsp3) is 0.550. The van der Waals surface area contributed by atoms with E-state index in [9.17, 15) is 18.8 Å². The zero-order chi connectivity index (χ0) is 20.5. The Hall–Kier alpha value is -2.64. The quantitative estimate of drug-likeness (QED) is 0.684. The summed E-state index contributed by atoms with van der Waals surface area (Å²) >= 11 is 0. The van der Waals surface area contributed by atoms with Crippen molar-refractivity contribution >= 4 is 17.8 Å². The molecule has 28 heavy (non-hydrogen) atoms. The molecule has 0 radical (unpaired) electrons. The fourth-order valence-electron chi connectivity index (χ4n) is 3.41. The summed E-state index contributed by atoms with van der Waals surface area (Å²) in [7, 11) is 0. The molecule has 1 aliphatic rings. The number of halogens is 1. The van der Waals surface area contributed by atoms with Crippen molar-refractivity contribution in [1.82, 2.24) is 9.80 Å². The molecule has 1 aromatic rings. The largest absolute Gasteiger partial charge is 0.493 e. The molecule has 1 saturated heterocycles. The fourth-order valence-corrected chi connectivity index (χ4v) is 3.41. The summed E-state index contributed by atoms with van der Waals surface area (Å²) in [5.74, 6) is -1.22. The van der Waals surface area contributed by atoms with E-state index in [1.165, 1.54) is 24.0 Å². The summed E-state index contributed by atoms with van der Waals surface area (Å²) in [5, 5.41) is 9.00. The molecular formula is C20H27FN2O5. The summed E-state index contributed by atoms with van der Waals surface area (Å²) in [6.07, 6.45) is 2.82. The Balaban J connectivity index is 1.77. The molecule has 1 aliphatic heterocycles. The molecule has 7 nitrogen and oxygen atoms in total. The highest BCUT2D eigenvalue weighted by Gasteiger charge is 2.27. The highest BCUT2D eigenvalue weighted by Crippen LogP contribution is 2.18. The van der Waals surface area contributed by atoms with Crippen LogP contribution in [-0.2, 0) is 14.4 Å². The smallest absolute Gasteiger partial charge is 0.323 e. The number of carbonyl (C=O) groups is 3. The van der Waals surface area contributed by atoms with Gasteiger partial charge < -0.3 is 19.6 Å². The number of aliphatic carboxylic acids is 1. The molecule has 0 aliphatic carbocycles. The van der Waals surface area contributed by atoms with Crippen molar-refractivity contribution in [1.29, 1.82) is 0 Å². The first-order valence-electron chi connectivity index (χ1n) is 9.52. The first kappa shape index (κ1) is 21.7. The van der Waals surface area contributed by atoms with E-state index in [4.69, 9.17) is 9.84 Å². The predicted molar refractivity (Wildman–Crippen MR) is 100 cm³/mol. The van der Waals surface area contributed by atoms with Gasteiger partial charge in [0.05, 0.1) is 6.61 Å². The van der Waals surface area contributed by atoms with Crippen molar-refractivity contribution in [3.63, 3.8) is 0 Å². The number of benzene rings is 1. The Bertz CT molecular complexity index is 697. The molecule has 1 aromatic carbocycles. The van der Waals surface area contributed by atoms with Gasteiger partial charge in [0.1, 0.15) is 18.1 Å². The number of amides is 2. The van der Waals surface area contributed by atoms with Gasteiger partial charge in [0.2, 0.25) is 11.8 Å². The van der Waals surface area contributed by atoms with Crippen LogP contribution in [0.3, 0.4) is 0 Å². The van der Waals surface area contributed by atoms with Crippen LogP contribution in [0.15, 0.2) is 24.3 Å². The van der Waals surface area contributed by atoms with E-state index in [1.807, 2.05) is 0 Å². The summed E-state index contributed by atoms with van der Waals surface area (Å²) in [5.41, 5.74) is 0. The summed E-state index contributed by atoms with van der Waals surface area (Å²) in [6, 6.07) is 5.71. The number of ether oxygens (including phenoxy) is 1. The van der Waals surface area contributed by atoms with E-state index >= 15 is 0 Å². The van der Waals surface area contributed by atoms with Gasteiger partial charge in [-0.15, -0.1) is 0 Å². The van der Waals surface area contributed by atoms with Gasteiger partial charge in [-0.1, -0.05) is 6.07 Å². The lowest BCUT2D eigenvalue weighted by molar-refractivity contribution is -0.145. The predicted octanol–water partition coefficient (Wildman–Crippen LogP) is 2.30. The molecule has 2 rings (SSSR count). The minimum Gasteiger partial charge on any atom is -0.493 e. The third kappa shape index (κ3) is 6.83. The SMILES string of the molecule is CC(=O)N(CC(=O)O)C1CCCN(C(=O)CCCOc2cccc(F)c2)CC1. The van der Waals surface area contributed by atoms with Crippen molar-refractivity contribution < 1.29 is 28.6 Å². The minimum absolute atomic E-state index is 0.0103. The Kier molecular flexibility index (Phi) is 8.22. The number of carbonyl (C=O) groups excluding carboxylic acids is 2. The van der Waals surface area contributed by atoms with E-state index in [1.54, 1.807) is 17.0 Å². The molecule has 1 fully saturated rings. The second kappa shape index (κ2) is 10.6. The second-order valence-corrected chi connectivity index (χ2v) is 6.92. The second-order valence-electron chi connectivity index (χ2n) is 6.92. The van der Waals surface area contributed by atoms with Crippen LogP contribution in [-0.4, -0.2) is 65.0 Å². The van der Waals surface area contributed by atoms with E-state index in [-0.39, 0.29) is 30.2 Å². The molecule has 0 bridgehead atoms. The molecule has 154 valence electrons. The standard InChI is InChI=1S/C20H27FN2O5/c1-15(24)23(14-20(26)27)17-6-3-10-22(11-9-17)19(25)8-4-12-28-18-7-2-5-16(21)13-18/h2,5,7,13,17H,3-4,6,8-12,14H2,1H3,(H,26,27). The maximum Gasteiger partial charge on any atom is 0.323 e. The van der Waals surface area contributed by atoms with E-state index in [0.29, 0.717) is 51.1 Å². The van der Waals surface area contributed by atoms with E-state index in [0.717, 1.165) is 6.42 Å². The zero-order valence-electron chi connectivity index (χ0n) is 16.1. The molecule has 0 spiro atoms. The number of hydrogen-bond donors (Lipinski definition) is 1. The van der Waals surface area contributed by atoms with Gasteiger partial charge in [0, 0.05) is 38.5 Å². The van der Waals surface area contributed by atoms with Crippen molar-refractivity contribution in [2.45, 2.75) is 45.1 Å². The molecule has 2 amide bonds. The third-order valence-electron chi connectivity index (χ3n) is 4.80. The maximum atomic E-state index is 13.1. The Labute approximate surface area is 164 Å². The number of likely N-dealkylation sites (tertiary alicyclic amines) is 1. The topological polar surface area (TPSA) is 87.2 Å². The van der Waals surface area contributed by atoms with Gasteiger partial charge in [-0.25, -0.2) is 4.39 Å². The van der Waals surface area contributed by atoms with Crippen LogP contribution in [0.4, 0.5) is 4.39 Å². The van der Waals surface area contributed by atoms with Crippen molar-refractivity contribution in [2.75, 3.05) is 26.2 Å². The van der Waals surface area contributed by atoms with Crippen LogP contribution < -0.4 is 4.74 Å². The molecule has 0 saturated carbocycles. The van der Waals surface area contributed by atoms with Crippen molar-refractivity contribution in [3.8, 4) is 5.75 Å². The monoisotopic (exact) mass is 394 g/mol. The van der Waals surface area contributed by atoms with Gasteiger partial charge in [-0.3, -0.25) is 14.4 Å². The number of carboxylic acid groups (broad SMARTS) is 1. The van der Waals surface area contributed by atoms with Gasteiger partial charge in [0.15, 0.2) is 0 Å². The van der Waals surface area contributed by atoms with Crippen LogP contribution >= 0.6 is 0 Å². The molecule has 1 atom stereocenters. The van der Waals surface area contributed by atoms with Crippen LogP contribution in [0.2, 0.25) is 0 Å². The lowest BCUT2D eigenvalue weighted by atomic mass is 10.1. The Morgan fingerprint density at radius 2 is 2.07 bits per heavy atom. The van der Waals surface area contributed by atoms with Crippen LogP contribution in [0.5, 0.6) is 5.75 Å². The molecule has 1 heterocycles. The first-order chi connectivity index (χ1) is 13.4. The molecular weight excluding hydrogens is 367 g/mol. The Morgan fingerprint density at radius 1 is 1.29 bits per heavy atom. The average molecular weight is 394 g/mol. The van der Waals surface area contributed by atoms with E-state index in [2.05, 4.69) is 0 Å². The zero-order valence-corrected chi connectivity index (χ0v) is 16.1. The highest BCUT2D eigenvalue weighted by molar-refractivity contribution is 5.80. The van der Waals surface area contributed by atoms with Gasteiger partial charge in [0.25, 0.3) is 0 Å². The lowest BCUT2D eigenvalue weighted by Crippen LogP contribution is -2.43. The van der Waals surface area contributed by atoms with E-state index < -0.39 is 5.97 Å². The summed E-state index contributed by atoms with van der Waals surface area (Å²) in [6.45, 7) is 2.47. The molecule has 0 aromatic heterocycles. The maximum absolute atomic E-state index is 13.1.